The van der Waals surface area contributed by atoms with E-state index < -0.39 is 0 Å². The highest BCUT2D eigenvalue weighted by atomic mass is 16.5. The second-order valence-corrected chi connectivity index (χ2v) is 12.2. The fourth-order valence-corrected chi connectivity index (χ4v) is 5.41. The van der Waals surface area contributed by atoms with Crippen LogP contribution < -0.4 is 9.47 Å². The van der Waals surface area contributed by atoms with E-state index in [1.165, 1.54) is 36.8 Å². The first-order valence-corrected chi connectivity index (χ1v) is 12.3. The molecule has 30 heavy (non-hydrogen) atoms. The molecule has 1 aliphatic rings. The van der Waals surface area contributed by atoms with Crippen molar-refractivity contribution in [3.05, 3.63) is 23.3 Å². The maximum Gasteiger partial charge on any atom is 0.124 e. The highest BCUT2D eigenvalue weighted by Gasteiger charge is 2.36. The van der Waals surface area contributed by atoms with E-state index in [0.717, 1.165) is 30.9 Å². The molecule has 1 aliphatic heterocycles. The monoisotopic (exact) mass is 416 g/mol. The maximum atomic E-state index is 6.60. The lowest BCUT2D eigenvalue weighted by molar-refractivity contribution is 0.0738. The molecule has 2 atom stereocenters. The lowest BCUT2D eigenvalue weighted by atomic mass is 9.71. The smallest absolute Gasteiger partial charge is 0.124 e. The predicted octanol–water partition coefficient (Wildman–Crippen LogP) is 8.66. The third-order valence-electron chi connectivity index (χ3n) is 6.55. The number of hydrogen-bond donors (Lipinski definition) is 0. The van der Waals surface area contributed by atoms with Gasteiger partial charge in [0.05, 0.1) is 6.61 Å². The van der Waals surface area contributed by atoms with Crippen LogP contribution in [0.1, 0.15) is 125 Å². The van der Waals surface area contributed by atoms with E-state index in [1.807, 2.05) is 0 Å². The zero-order chi connectivity index (χ0) is 22.7. The van der Waals surface area contributed by atoms with E-state index in [0.29, 0.717) is 11.8 Å². The van der Waals surface area contributed by atoms with Gasteiger partial charge >= 0.3 is 0 Å². The van der Waals surface area contributed by atoms with Crippen LogP contribution >= 0.6 is 0 Å². The minimum absolute atomic E-state index is 0.0158. The van der Waals surface area contributed by atoms with Gasteiger partial charge in [0.2, 0.25) is 0 Å². The summed E-state index contributed by atoms with van der Waals surface area (Å²) in [5.41, 5.74) is 2.75. The van der Waals surface area contributed by atoms with Gasteiger partial charge in [-0.1, -0.05) is 74.7 Å². The summed E-state index contributed by atoms with van der Waals surface area (Å²) in [6.45, 7) is 23.8. The normalized spacial score (nSPS) is 19.7. The summed E-state index contributed by atoms with van der Waals surface area (Å²) < 4.78 is 13.1. The third kappa shape index (κ3) is 6.66. The Morgan fingerprint density at radius 2 is 1.80 bits per heavy atom. The number of rotatable bonds is 9. The summed E-state index contributed by atoms with van der Waals surface area (Å²) in [5, 5.41) is 0. The average Bonchev–Trinajstić information content (AvgIpc) is 2.58. The summed E-state index contributed by atoms with van der Waals surface area (Å²) in [4.78, 5) is 0. The topological polar surface area (TPSA) is 18.5 Å². The minimum atomic E-state index is -0.117. The SMILES string of the molecule is CCCCC(CC)COc1cc2c(cc1C(C)(C)CC(C)(C)C)OC(C)(C)CC2C. The molecule has 1 aromatic rings. The van der Waals surface area contributed by atoms with E-state index in [-0.39, 0.29) is 16.4 Å². The number of ether oxygens (including phenoxy) is 2. The zero-order valence-corrected chi connectivity index (χ0v) is 21.6. The van der Waals surface area contributed by atoms with Gasteiger partial charge in [0.15, 0.2) is 0 Å². The Labute approximate surface area is 187 Å². The molecular formula is C28H48O2. The fourth-order valence-electron chi connectivity index (χ4n) is 5.41. The van der Waals surface area contributed by atoms with Gasteiger partial charge in [-0.2, -0.15) is 0 Å². The van der Waals surface area contributed by atoms with Crippen LogP contribution in [0.4, 0.5) is 0 Å². The first kappa shape index (κ1) is 25.1. The highest BCUT2D eigenvalue weighted by Crippen LogP contribution is 2.48. The van der Waals surface area contributed by atoms with Crippen molar-refractivity contribution in [1.82, 2.24) is 0 Å². The van der Waals surface area contributed by atoms with Crippen LogP contribution in [0, 0.1) is 11.3 Å². The van der Waals surface area contributed by atoms with Gasteiger partial charge in [-0.05, 0) is 67.9 Å². The van der Waals surface area contributed by atoms with Gasteiger partial charge in [0.25, 0.3) is 0 Å². The molecule has 0 aliphatic carbocycles. The summed E-state index contributed by atoms with van der Waals surface area (Å²) in [5.74, 6) is 3.24. The summed E-state index contributed by atoms with van der Waals surface area (Å²) in [6, 6.07) is 4.61. The van der Waals surface area contributed by atoms with E-state index in [4.69, 9.17) is 9.47 Å². The lowest BCUT2D eigenvalue weighted by Gasteiger charge is -2.39. The van der Waals surface area contributed by atoms with Gasteiger partial charge in [-0.15, -0.1) is 0 Å². The van der Waals surface area contributed by atoms with E-state index in [2.05, 4.69) is 81.4 Å². The number of fused-ring (bicyclic) bond motifs is 1. The van der Waals surface area contributed by atoms with Crippen molar-refractivity contribution in [1.29, 1.82) is 0 Å². The number of hydrogen-bond acceptors (Lipinski definition) is 2. The number of benzene rings is 1. The van der Waals surface area contributed by atoms with Crippen molar-refractivity contribution in [2.75, 3.05) is 6.61 Å². The van der Waals surface area contributed by atoms with Crippen molar-refractivity contribution < 1.29 is 9.47 Å². The minimum Gasteiger partial charge on any atom is -0.493 e. The maximum absolute atomic E-state index is 6.60. The van der Waals surface area contributed by atoms with Gasteiger partial charge in [0, 0.05) is 11.1 Å². The van der Waals surface area contributed by atoms with Crippen molar-refractivity contribution in [2.45, 2.75) is 125 Å². The zero-order valence-electron chi connectivity index (χ0n) is 21.6. The molecule has 0 N–H and O–H groups in total. The molecule has 2 nitrogen and oxygen atoms in total. The second-order valence-electron chi connectivity index (χ2n) is 12.2. The van der Waals surface area contributed by atoms with Gasteiger partial charge < -0.3 is 9.47 Å². The molecule has 0 radical (unpaired) electrons. The molecule has 172 valence electrons. The molecule has 0 aromatic heterocycles. The predicted molar refractivity (Wildman–Crippen MR) is 130 cm³/mol. The molecule has 2 heteroatoms. The fraction of sp³-hybridized carbons (Fsp3) is 0.786. The quantitative estimate of drug-likeness (QED) is 0.401. The molecule has 1 heterocycles. The first-order chi connectivity index (χ1) is 13.8. The Morgan fingerprint density at radius 3 is 2.37 bits per heavy atom. The van der Waals surface area contributed by atoms with Crippen molar-refractivity contribution in [2.24, 2.45) is 11.3 Å². The van der Waals surface area contributed by atoms with Crippen molar-refractivity contribution in [3.63, 3.8) is 0 Å². The van der Waals surface area contributed by atoms with Crippen molar-refractivity contribution in [3.8, 4) is 11.5 Å². The first-order valence-electron chi connectivity index (χ1n) is 12.3. The second kappa shape index (κ2) is 9.53. The largest absolute Gasteiger partial charge is 0.493 e. The molecule has 0 bridgehead atoms. The Hall–Kier alpha value is -1.18. The van der Waals surface area contributed by atoms with Crippen LogP contribution in [0.2, 0.25) is 0 Å². The Balaban J connectivity index is 2.43. The van der Waals surface area contributed by atoms with Crippen LogP contribution in [-0.2, 0) is 5.41 Å². The molecule has 0 saturated carbocycles. The van der Waals surface area contributed by atoms with Crippen LogP contribution in [0.15, 0.2) is 12.1 Å². The Morgan fingerprint density at radius 1 is 1.13 bits per heavy atom. The standard InChI is InChI=1S/C28H48O2/c1-11-13-14-21(12-2)18-29-25-15-22-20(3)17-28(9,10)30-24(22)16-23(25)27(7,8)19-26(4,5)6/h15-16,20-21H,11-14,17-19H2,1-10H3. The average molecular weight is 417 g/mol. The Kier molecular flexibility index (Phi) is 7.97. The van der Waals surface area contributed by atoms with Gasteiger partial charge in [-0.25, -0.2) is 0 Å². The van der Waals surface area contributed by atoms with Gasteiger partial charge in [0.1, 0.15) is 17.1 Å². The molecule has 0 fully saturated rings. The van der Waals surface area contributed by atoms with Crippen molar-refractivity contribution >= 4 is 0 Å². The lowest BCUT2D eigenvalue weighted by Crippen LogP contribution is -2.34. The number of unbranched alkanes of at least 4 members (excludes halogenated alkanes) is 1. The molecule has 2 unspecified atom stereocenters. The Bertz CT molecular complexity index is 693. The van der Waals surface area contributed by atoms with Crippen LogP contribution in [-0.4, -0.2) is 12.2 Å². The van der Waals surface area contributed by atoms with Gasteiger partial charge in [-0.3, -0.25) is 0 Å². The third-order valence-corrected chi connectivity index (χ3v) is 6.55. The molecular weight excluding hydrogens is 368 g/mol. The molecule has 0 amide bonds. The van der Waals surface area contributed by atoms with Crippen LogP contribution in [0.5, 0.6) is 11.5 Å². The molecule has 0 saturated heterocycles. The molecule has 1 aromatic carbocycles. The van der Waals surface area contributed by atoms with Crippen LogP contribution in [0.3, 0.4) is 0 Å². The van der Waals surface area contributed by atoms with E-state index in [1.54, 1.807) is 0 Å². The summed E-state index contributed by atoms with van der Waals surface area (Å²) >= 11 is 0. The van der Waals surface area contributed by atoms with E-state index >= 15 is 0 Å². The van der Waals surface area contributed by atoms with Crippen LogP contribution in [0.25, 0.3) is 0 Å². The highest BCUT2D eigenvalue weighted by molar-refractivity contribution is 5.52. The summed E-state index contributed by atoms with van der Waals surface area (Å²) in [7, 11) is 0. The van der Waals surface area contributed by atoms with E-state index in [9.17, 15) is 0 Å². The summed E-state index contributed by atoms with van der Waals surface area (Å²) in [6.07, 6.45) is 7.11. The molecule has 0 spiro atoms. The molecule has 2 rings (SSSR count).